The number of Topliss-reactive ketones (excluding diaryl/α,β-unsaturated/α-hetero) is 1. The van der Waals surface area contributed by atoms with Crippen molar-refractivity contribution >= 4 is 46.2 Å². The van der Waals surface area contributed by atoms with Crippen molar-refractivity contribution < 1.29 is 14.3 Å². The highest BCUT2D eigenvalue weighted by atomic mass is 35.5. The molecule has 1 aromatic heterocycles. The lowest BCUT2D eigenvalue weighted by atomic mass is 10.2. The molecule has 0 aliphatic rings. The summed E-state index contributed by atoms with van der Waals surface area (Å²) in [6.07, 6.45) is 0. The van der Waals surface area contributed by atoms with Crippen LogP contribution < -0.4 is 5.32 Å². The van der Waals surface area contributed by atoms with Gasteiger partial charge in [-0.2, -0.15) is 0 Å². The van der Waals surface area contributed by atoms with E-state index < -0.39 is 0 Å². The van der Waals surface area contributed by atoms with Crippen molar-refractivity contribution in [1.29, 1.82) is 0 Å². The first-order chi connectivity index (χ1) is 9.43. The highest BCUT2D eigenvalue weighted by Gasteiger charge is 2.17. The minimum absolute atomic E-state index is 0.102. The molecule has 0 saturated carbocycles. The first kappa shape index (κ1) is 17.4. The van der Waals surface area contributed by atoms with Crippen molar-refractivity contribution in [1.82, 2.24) is 10.2 Å². The zero-order chi connectivity index (χ0) is 15.1. The quantitative estimate of drug-likeness (QED) is 0.581. The molecule has 0 atom stereocenters. The van der Waals surface area contributed by atoms with Crippen molar-refractivity contribution in [2.75, 3.05) is 40.4 Å². The molecule has 5 nitrogen and oxygen atoms in total. The van der Waals surface area contributed by atoms with Crippen LogP contribution in [0.5, 0.6) is 0 Å². The third kappa shape index (κ3) is 5.76. The van der Waals surface area contributed by atoms with Crippen LogP contribution in [0.2, 0.25) is 8.67 Å². The van der Waals surface area contributed by atoms with E-state index in [1.54, 1.807) is 25.1 Å². The van der Waals surface area contributed by atoms with E-state index >= 15 is 0 Å². The Morgan fingerprint density at radius 3 is 2.65 bits per heavy atom. The topological polar surface area (TPSA) is 58.6 Å². The third-order valence-electron chi connectivity index (χ3n) is 2.41. The fraction of sp³-hybridized carbons (Fsp3) is 0.500. The lowest BCUT2D eigenvalue weighted by molar-refractivity contribution is -0.122. The summed E-state index contributed by atoms with van der Waals surface area (Å²) in [5.74, 6) is -0.322. The fourth-order valence-electron chi connectivity index (χ4n) is 1.51. The van der Waals surface area contributed by atoms with Crippen LogP contribution in [0.3, 0.4) is 0 Å². The molecule has 1 N–H and O–H groups in total. The van der Waals surface area contributed by atoms with Gasteiger partial charge in [0.05, 0.1) is 29.6 Å². The summed E-state index contributed by atoms with van der Waals surface area (Å²) in [6, 6.07) is 1.55. The number of ketones is 1. The van der Waals surface area contributed by atoms with E-state index in [0.717, 1.165) is 11.3 Å². The first-order valence-electron chi connectivity index (χ1n) is 5.86. The van der Waals surface area contributed by atoms with Crippen molar-refractivity contribution in [2.45, 2.75) is 0 Å². The maximum absolute atomic E-state index is 12.0. The minimum atomic E-state index is -0.162. The van der Waals surface area contributed by atoms with Gasteiger partial charge in [-0.05, 0) is 13.1 Å². The van der Waals surface area contributed by atoms with E-state index in [-0.39, 0.29) is 24.8 Å². The van der Waals surface area contributed by atoms with Gasteiger partial charge in [0.25, 0.3) is 0 Å². The second-order valence-corrected chi connectivity index (χ2v) is 6.46. The second kappa shape index (κ2) is 8.59. The van der Waals surface area contributed by atoms with Crippen LogP contribution >= 0.6 is 34.5 Å². The number of rotatable bonds is 8. The molecular weight excluding hydrogens is 323 g/mol. The largest absolute Gasteiger partial charge is 0.383 e. The number of thiophene rings is 1. The SMILES string of the molecule is COCCNC(=O)CN(C)CC(=O)c1cc(Cl)sc1Cl. The Bertz CT molecular complexity index is 479. The minimum Gasteiger partial charge on any atom is -0.383 e. The molecule has 0 spiro atoms. The van der Waals surface area contributed by atoms with Crippen molar-refractivity contribution in [2.24, 2.45) is 0 Å². The molecule has 0 unspecified atom stereocenters. The van der Waals surface area contributed by atoms with Gasteiger partial charge in [-0.3, -0.25) is 14.5 Å². The van der Waals surface area contributed by atoms with Gasteiger partial charge < -0.3 is 10.1 Å². The predicted molar refractivity (Wildman–Crippen MR) is 81.1 cm³/mol. The lowest BCUT2D eigenvalue weighted by Gasteiger charge is -2.15. The molecule has 0 aliphatic carbocycles. The van der Waals surface area contributed by atoms with E-state index in [1.807, 2.05) is 0 Å². The number of methoxy groups -OCH3 is 1. The molecule has 1 heterocycles. The number of nitrogens with one attached hydrogen (secondary N) is 1. The van der Waals surface area contributed by atoms with E-state index in [0.29, 0.717) is 27.4 Å². The van der Waals surface area contributed by atoms with Gasteiger partial charge in [-0.15, -0.1) is 11.3 Å². The summed E-state index contributed by atoms with van der Waals surface area (Å²) in [5.41, 5.74) is 0.397. The van der Waals surface area contributed by atoms with Crippen LogP contribution in [0.1, 0.15) is 10.4 Å². The number of ether oxygens (including phenoxy) is 1. The smallest absolute Gasteiger partial charge is 0.234 e. The number of carbonyl (C=O) groups is 2. The van der Waals surface area contributed by atoms with Crippen LogP contribution in [0.25, 0.3) is 0 Å². The molecule has 8 heteroatoms. The molecule has 0 saturated heterocycles. The zero-order valence-electron chi connectivity index (χ0n) is 11.2. The summed E-state index contributed by atoms with van der Waals surface area (Å²) < 4.78 is 5.67. The standard InChI is InChI=1S/C12H16Cl2N2O3S/c1-16(7-11(18)15-3-4-19-2)6-9(17)8-5-10(13)20-12(8)14/h5H,3-4,6-7H2,1-2H3,(H,15,18). The molecule has 0 aliphatic heterocycles. The summed E-state index contributed by atoms with van der Waals surface area (Å²) in [5, 5.41) is 2.68. The highest BCUT2D eigenvalue weighted by molar-refractivity contribution is 7.20. The third-order valence-corrected chi connectivity index (χ3v) is 3.90. The molecule has 0 bridgehead atoms. The number of carbonyl (C=O) groups excluding carboxylic acids is 2. The maximum Gasteiger partial charge on any atom is 0.234 e. The lowest BCUT2D eigenvalue weighted by Crippen LogP contribution is -2.38. The maximum atomic E-state index is 12.0. The Hall–Kier alpha value is -0.660. The molecule has 0 fully saturated rings. The van der Waals surface area contributed by atoms with Gasteiger partial charge in [0.2, 0.25) is 5.91 Å². The zero-order valence-corrected chi connectivity index (χ0v) is 13.6. The number of amides is 1. The number of hydrogen-bond donors (Lipinski definition) is 1. The summed E-state index contributed by atoms with van der Waals surface area (Å²) in [6.45, 7) is 1.13. The highest BCUT2D eigenvalue weighted by Crippen LogP contribution is 2.31. The molecule has 112 valence electrons. The Morgan fingerprint density at radius 2 is 2.10 bits per heavy atom. The first-order valence-corrected chi connectivity index (χ1v) is 7.43. The van der Waals surface area contributed by atoms with Crippen molar-refractivity contribution in [3.63, 3.8) is 0 Å². The second-order valence-electron chi connectivity index (χ2n) is 4.18. The monoisotopic (exact) mass is 338 g/mol. The Kier molecular flexibility index (Phi) is 7.47. The molecule has 1 amide bonds. The normalized spacial score (nSPS) is 10.8. The van der Waals surface area contributed by atoms with Crippen LogP contribution in [0, 0.1) is 0 Å². The summed E-state index contributed by atoms with van der Waals surface area (Å²) >= 11 is 12.9. The van der Waals surface area contributed by atoms with Gasteiger partial charge in [0.1, 0.15) is 4.34 Å². The summed E-state index contributed by atoms with van der Waals surface area (Å²) in [4.78, 5) is 25.2. The molecular formula is C12H16Cl2N2O3S. The van der Waals surface area contributed by atoms with Crippen molar-refractivity contribution in [3.05, 3.63) is 20.3 Å². The van der Waals surface area contributed by atoms with Gasteiger partial charge in [0, 0.05) is 13.7 Å². The van der Waals surface area contributed by atoms with Crippen molar-refractivity contribution in [3.8, 4) is 0 Å². The number of halogens is 2. The molecule has 20 heavy (non-hydrogen) atoms. The molecule has 1 rings (SSSR count). The van der Waals surface area contributed by atoms with Gasteiger partial charge in [-0.1, -0.05) is 23.2 Å². The Morgan fingerprint density at radius 1 is 1.40 bits per heavy atom. The average Bonchev–Trinajstić information content (AvgIpc) is 2.68. The van der Waals surface area contributed by atoms with Crippen LogP contribution in [0.15, 0.2) is 6.07 Å². The van der Waals surface area contributed by atoms with Gasteiger partial charge in [0.15, 0.2) is 5.78 Å². The number of nitrogens with zero attached hydrogens (tertiary/aromatic N) is 1. The number of hydrogen-bond acceptors (Lipinski definition) is 5. The number of likely N-dealkylation sites (N-methyl/N-ethyl adjacent to an activating group) is 1. The molecule has 1 aromatic rings. The van der Waals surface area contributed by atoms with E-state index in [4.69, 9.17) is 27.9 Å². The Labute approximate surface area is 131 Å². The predicted octanol–water partition coefficient (Wildman–Crippen LogP) is 1.93. The summed E-state index contributed by atoms with van der Waals surface area (Å²) in [7, 11) is 3.25. The van der Waals surface area contributed by atoms with E-state index in [1.165, 1.54) is 0 Å². The Balaban J connectivity index is 2.42. The van der Waals surface area contributed by atoms with Crippen LogP contribution in [-0.4, -0.2) is 57.0 Å². The fourth-order valence-corrected chi connectivity index (χ4v) is 3.01. The van der Waals surface area contributed by atoms with E-state index in [9.17, 15) is 9.59 Å². The molecule has 0 aromatic carbocycles. The van der Waals surface area contributed by atoms with Crippen LogP contribution in [0.4, 0.5) is 0 Å². The average molecular weight is 339 g/mol. The van der Waals surface area contributed by atoms with Gasteiger partial charge >= 0.3 is 0 Å². The van der Waals surface area contributed by atoms with Gasteiger partial charge in [-0.25, -0.2) is 0 Å². The molecule has 0 radical (unpaired) electrons. The van der Waals surface area contributed by atoms with E-state index in [2.05, 4.69) is 5.32 Å². The van der Waals surface area contributed by atoms with Crippen LogP contribution in [-0.2, 0) is 9.53 Å².